The molecule has 0 amide bonds. The molecule has 3 nitrogen and oxygen atoms in total. The third-order valence-electron chi connectivity index (χ3n) is 1.65. The molecule has 0 aliphatic carbocycles. The summed E-state index contributed by atoms with van der Waals surface area (Å²) < 4.78 is 0. The molecular formula is C10H17N3. The van der Waals surface area contributed by atoms with Gasteiger partial charge in [0.25, 0.3) is 0 Å². The number of nitrogens with zero attached hydrogens (tertiary/aromatic N) is 3. The SMILES string of the molecule is CN(CC(C)(C)C)c1cnccn1. The van der Waals surface area contributed by atoms with Gasteiger partial charge in [0.2, 0.25) is 0 Å². The fourth-order valence-electron chi connectivity index (χ4n) is 1.28. The van der Waals surface area contributed by atoms with E-state index in [1.54, 1.807) is 18.6 Å². The second kappa shape index (κ2) is 3.73. The van der Waals surface area contributed by atoms with Crippen LogP contribution in [0.15, 0.2) is 18.6 Å². The standard InChI is InChI=1S/C10H17N3/c1-10(2,3)8-13(4)9-7-11-5-6-12-9/h5-7H,8H2,1-4H3. The molecule has 0 aliphatic heterocycles. The van der Waals surface area contributed by atoms with Gasteiger partial charge in [-0.25, -0.2) is 4.98 Å². The smallest absolute Gasteiger partial charge is 0.146 e. The van der Waals surface area contributed by atoms with Crippen LogP contribution in [0, 0.1) is 5.41 Å². The van der Waals surface area contributed by atoms with Crippen LogP contribution in [-0.4, -0.2) is 23.6 Å². The molecule has 0 radical (unpaired) electrons. The van der Waals surface area contributed by atoms with Gasteiger partial charge in [0.15, 0.2) is 0 Å². The molecule has 0 fully saturated rings. The van der Waals surface area contributed by atoms with Crippen LogP contribution in [-0.2, 0) is 0 Å². The monoisotopic (exact) mass is 179 g/mol. The Hall–Kier alpha value is -1.12. The number of hydrogen-bond donors (Lipinski definition) is 0. The van der Waals surface area contributed by atoms with Crippen molar-refractivity contribution in [1.82, 2.24) is 9.97 Å². The molecule has 3 heteroatoms. The number of hydrogen-bond acceptors (Lipinski definition) is 3. The molecule has 0 N–H and O–H groups in total. The first-order valence-electron chi connectivity index (χ1n) is 4.46. The molecule has 0 bridgehead atoms. The largest absolute Gasteiger partial charge is 0.358 e. The highest BCUT2D eigenvalue weighted by Crippen LogP contribution is 2.17. The first-order valence-corrected chi connectivity index (χ1v) is 4.46. The summed E-state index contributed by atoms with van der Waals surface area (Å²) in [6.07, 6.45) is 5.19. The average molecular weight is 179 g/mol. The summed E-state index contributed by atoms with van der Waals surface area (Å²) in [7, 11) is 2.04. The van der Waals surface area contributed by atoms with Crippen molar-refractivity contribution in [3.63, 3.8) is 0 Å². The van der Waals surface area contributed by atoms with Crippen molar-refractivity contribution in [1.29, 1.82) is 0 Å². The lowest BCUT2D eigenvalue weighted by Crippen LogP contribution is -2.29. The van der Waals surface area contributed by atoms with Gasteiger partial charge in [0.05, 0.1) is 6.20 Å². The molecule has 1 rings (SSSR count). The Morgan fingerprint density at radius 3 is 2.46 bits per heavy atom. The Balaban J connectivity index is 2.64. The fraction of sp³-hybridized carbons (Fsp3) is 0.600. The molecule has 0 aromatic carbocycles. The summed E-state index contributed by atoms with van der Waals surface area (Å²) in [4.78, 5) is 10.4. The zero-order valence-corrected chi connectivity index (χ0v) is 8.78. The topological polar surface area (TPSA) is 29.0 Å². The predicted molar refractivity (Wildman–Crippen MR) is 54.8 cm³/mol. The van der Waals surface area contributed by atoms with Crippen molar-refractivity contribution in [3.05, 3.63) is 18.6 Å². The number of rotatable bonds is 2. The zero-order valence-electron chi connectivity index (χ0n) is 8.78. The van der Waals surface area contributed by atoms with Gasteiger partial charge in [-0.1, -0.05) is 20.8 Å². The summed E-state index contributed by atoms with van der Waals surface area (Å²) in [5, 5.41) is 0. The quantitative estimate of drug-likeness (QED) is 0.695. The predicted octanol–water partition coefficient (Wildman–Crippen LogP) is 1.96. The Bertz CT molecular complexity index is 251. The van der Waals surface area contributed by atoms with Crippen LogP contribution < -0.4 is 4.90 Å². The minimum atomic E-state index is 0.284. The highest BCUT2D eigenvalue weighted by Gasteiger charge is 2.14. The van der Waals surface area contributed by atoms with Crippen LogP contribution in [0.25, 0.3) is 0 Å². The molecule has 13 heavy (non-hydrogen) atoms. The Morgan fingerprint density at radius 2 is 2.00 bits per heavy atom. The van der Waals surface area contributed by atoms with E-state index in [0.29, 0.717) is 0 Å². The van der Waals surface area contributed by atoms with Crippen LogP contribution in [0.3, 0.4) is 0 Å². The van der Waals surface area contributed by atoms with E-state index in [0.717, 1.165) is 12.4 Å². The Kier molecular flexibility index (Phi) is 2.86. The molecule has 0 saturated heterocycles. The molecule has 1 aromatic heterocycles. The highest BCUT2D eigenvalue weighted by atomic mass is 15.2. The second-order valence-electron chi connectivity index (χ2n) is 4.48. The van der Waals surface area contributed by atoms with Crippen molar-refractivity contribution >= 4 is 5.82 Å². The van der Waals surface area contributed by atoms with Crippen LogP contribution >= 0.6 is 0 Å². The number of anilines is 1. The van der Waals surface area contributed by atoms with Crippen molar-refractivity contribution in [2.24, 2.45) is 5.41 Å². The molecule has 1 aromatic rings. The minimum absolute atomic E-state index is 0.284. The van der Waals surface area contributed by atoms with Crippen LogP contribution in [0.5, 0.6) is 0 Å². The molecular weight excluding hydrogens is 162 g/mol. The lowest BCUT2D eigenvalue weighted by atomic mass is 9.96. The van der Waals surface area contributed by atoms with Gasteiger partial charge >= 0.3 is 0 Å². The maximum Gasteiger partial charge on any atom is 0.146 e. The maximum atomic E-state index is 4.23. The lowest BCUT2D eigenvalue weighted by molar-refractivity contribution is 0.417. The van der Waals surface area contributed by atoms with Gasteiger partial charge in [0, 0.05) is 26.0 Å². The van der Waals surface area contributed by atoms with Gasteiger partial charge < -0.3 is 4.90 Å². The van der Waals surface area contributed by atoms with E-state index < -0.39 is 0 Å². The minimum Gasteiger partial charge on any atom is -0.358 e. The van der Waals surface area contributed by atoms with Crippen LogP contribution in [0.1, 0.15) is 20.8 Å². The van der Waals surface area contributed by atoms with E-state index in [-0.39, 0.29) is 5.41 Å². The molecule has 0 atom stereocenters. The third-order valence-corrected chi connectivity index (χ3v) is 1.65. The van der Waals surface area contributed by atoms with E-state index in [1.807, 2.05) is 7.05 Å². The normalized spacial score (nSPS) is 11.4. The summed E-state index contributed by atoms with van der Waals surface area (Å²) in [6.45, 7) is 7.60. The molecule has 0 spiro atoms. The Morgan fingerprint density at radius 1 is 1.31 bits per heavy atom. The first kappa shape index (κ1) is 9.96. The van der Waals surface area contributed by atoms with Crippen LogP contribution in [0.2, 0.25) is 0 Å². The van der Waals surface area contributed by atoms with Crippen molar-refractivity contribution < 1.29 is 0 Å². The second-order valence-corrected chi connectivity index (χ2v) is 4.48. The lowest BCUT2D eigenvalue weighted by Gasteiger charge is -2.26. The summed E-state index contributed by atoms with van der Waals surface area (Å²) >= 11 is 0. The summed E-state index contributed by atoms with van der Waals surface area (Å²) in [5.41, 5.74) is 0.284. The highest BCUT2D eigenvalue weighted by molar-refractivity contribution is 5.33. The van der Waals surface area contributed by atoms with E-state index >= 15 is 0 Å². The number of aromatic nitrogens is 2. The van der Waals surface area contributed by atoms with E-state index in [4.69, 9.17) is 0 Å². The maximum absolute atomic E-state index is 4.23. The molecule has 0 saturated carbocycles. The van der Waals surface area contributed by atoms with Crippen molar-refractivity contribution in [3.8, 4) is 0 Å². The third kappa shape index (κ3) is 3.40. The van der Waals surface area contributed by atoms with E-state index in [9.17, 15) is 0 Å². The van der Waals surface area contributed by atoms with Gasteiger partial charge in [-0.2, -0.15) is 0 Å². The molecule has 0 unspecified atom stereocenters. The summed E-state index contributed by atoms with van der Waals surface area (Å²) in [6, 6.07) is 0. The van der Waals surface area contributed by atoms with Crippen molar-refractivity contribution in [2.45, 2.75) is 20.8 Å². The van der Waals surface area contributed by atoms with Gasteiger partial charge in [-0.15, -0.1) is 0 Å². The van der Waals surface area contributed by atoms with Gasteiger partial charge in [-0.05, 0) is 5.41 Å². The molecule has 72 valence electrons. The average Bonchev–Trinajstić information content (AvgIpc) is 2.03. The van der Waals surface area contributed by atoms with Crippen LogP contribution in [0.4, 0.5) is 5.82 Å². The van der Waals surface area contributed by atoms with Crippen molar-refractivity contribution in [2.75, 3.05) is 18.5 Å². The van der Waals surface area contributed by atoms with E-state index in [1.165, 1.54) is 0 Å². The first-order chi connectivity index (χ1) is 5.99. The summed E-state index contributed by atoms with van der Waals surface area (Å²) in [5.74, 6) is 0.928. The molecule has 0 aliphatic rings. The zero-order chi connectivity index (χ0) is 9.90. The van der Waals surface area contributed by atoms with Gasteiger partial charge in [0.1, 0.15) is 5.82 Å². The van der Waals surface area contributed by atoms with Gasteiger partial charge in [-0.3, -0.25) is 4.98 Å². The molecule has 1 heterocycles. The fourth-order valence-corrected chi connectivity index (χ4v) is 1.28. The van der Waals surface area contributed by atoms with E-state index in [2.05, 4.69) is 35.6 Å². The Labute approximate surface area is 79.8 Å².